The first-order chi connectivity index (χ1) is 16.8. The van der Waals surface area contributed by atoms with Crippen LogP contribution < -0.4 is 4.90 Å². The van der Waals surface area contributed by atoms with Crippen molar-refractivity contribution in [2.24, 2.45) is 0 Å². The second-order valence-corrected chi connectivity index (χ2v) is 11.5. The number of amides is 1. The van der Waals surface area contributed by atoms with Crippen LogP contribution in [0.4, 0.5) is 5.13 Å². The van der Waals surface area contributed by atoms with Gasteiger partial charge in [0.25, 0.3) is 5.91 Å². The van der Waals surface area contributed by atoms with Crippen LogP contribution in [0.3, 0.4) is 0 Å². The highest BCUT2D eigenvalue weighted by Crippen LogP contribution is 2.31. The van der Waals surface area contributed by atoms with Crippen molar-refractivity contribution in [2.45, 2.75) is 38.1 Å². The lowest BCUT2D eigenvalue weighted by atomic mass is 10.2. The van der Waals surface area contributed by atoms with Crippen molar-refractivity contribution in [2.75, 3.05) is 18.5 Å². The lowest BCUT2D eigenvalue weighted by Gasteiger charge is -2.20. The summed E-state index contributed by atoms with van der Waals surface area (Å²) in [5, 5.41) is 0.579. The fourth-order valence-corrected chi connectivity index (χ4v) is 5.91. The zero-order chi connectivity index (χ0) is 25.0. The molecule has 4 rings (SSSR count). The molecule has 4 aromatic rings. The average molecular weight is 509 g/mol. The van der Waals surface area contributed by atoms with Gasteiger partial charge in [0.1, 0.15) is 0 Å². The molecule has 0 fully saturated rings. The average Bonchev–Trinajstić information content (AvgIpc) is 3.29. The summed E-state index contributed by atoms with van der Waals surface area (Å²) in [5.41, 5.74) is 3.21. The van der Waals surface area contributed by atoms with Gasteiger partial charge in [-0.1, -0.05) is 36.8 Å². The Bertz CT molecular complexity index is 1420. The van der Waals surface area contributed by atoms with Crippen LogP contribution in [-0.4, -0.2) is 42.2 Å². The topological polar surface area (TPSA) is 83.5 Å². The normalized spacial score (nSPS) is 11.8. The van der Waals surface area contributed by atoms with E-state index in [1.807, 2.05) is 38.1 Å². The van der Waals surface area contributed by atoms with Crippen molar-refractivity contribution in [3.63, 3.8) is 0 Å². The molecule has 0 unspecified atom stereocenters. The van der Waals surface area contributed by atoms with Crippen LogP contribution in [0.1, 0.15) is 41.3 Å². The van der Waals surface area contributed by atoms with E-state index in [0.717, 1.165) is 34.2 Å². The van der Waals surface area contributed by atoms with Gasteiger partial charge in [0.15, 0.2) is 5.13 Å². The lowest BCUT2D eigenvalue weighted by Crippen LogP contribution is -2.30. The summed E-state index contributed by atoms with van der Waals surface area (Å²) in [6, 6.07) is 15.9. The van der Waals surface area contributed by atoms with Gasteiger partial charge < -0.3 is 0 Å². The maximum Gasteiger partial charge on any atom is 0.260 e. The monoisotopic (exact) mass is 508 g/mol. The highest BCUT2D eigenvalue weighted by atomic mass is 32.2. The van der Waals surface area contributed by atoms with Crippen LogP contribution >= 0.6 is 11.3 Å². The number of unbranched alkanes of at least 4 members (excludes halogenated alkanes) is 1. The molecular weight excluding hydrogens is 480 g/mol. The highest BCUT2D eigenvalue weighted by molar-refractivity contribution is 7.89. The summed E-state index contributed by atoms with van der Waals surface area (Å²) in [5.74, 6) is -0.257. The van der Waals surface area contributed by atoms with Crippen LogP contribution in [0, 0.1) is 6.92 Å². The number of fused-ring (bicyclic) bond motifs is 1. The number of carbonyl (C=O) groups excluding carboxylic acids is 1. The van der Waals surface area contributed by atoms with Gasteiger partial charge in [0, 0.05) is 31.5 Å². The molecule has 0 spiro atoms. The number of aromatic nitrogens is 2. The number of pyridine rings is 1. The van der Waals surface area contributed by atoms with Crippen molar-refractivity contribution < 1.29 is 13.2 Å². The summed E-state index contributed by atoms with van der Waals surface area (Å²) in [4.78, 5) is 24.3. The zero-order valence-corrected chi connectivity index (χ0v) is 21.6. The van der Waals surface area contributed by atoms with E-state index in [4.69, 9.17) is 4.98 Å². The Morgan fingerprint density at radius 1 is 1.09 bits per heavy atom. The Kier molecular flexibility index (Phi) is 7.59. The number of aryl methyl sites for hydroxylation is 1. The molecule has 0 aliphatic heterocycles. The van der Waals surface area contributed by atoms with Crippen molar-refractivity contribution in [1.29, 1.82) is 0 Å². The molecule has 0 aliphatic rings. The molecule has 9 heteroatoms. The SMILES string of the molecule is CCCCN(C)S(=O)(=O)c1ccc(C(=O)N(Cc2cccnc2)c2nc3ccc(C)cc3s2)cc1. The third kappa shape index (κ3) is 5.58. The summed E-state index contributed by atoms with van der Waals surface area (Å²) in [7, 11) is -2.03. The largest absolute Gasteiger partial charge is 0.279 e. The Balaban J connectivity index is 1.66. The van der Waals surface area contributed by atoms with Gasteiger partial charge in [-0.3, -0.25) is 14.7 Å². The Labute approximate surface area is 210 Å². The van der Waals surface area contributed by atoms with E-state index >= 15 is 0 Å². The molecule has 182 valence electrons. The van der Waals surface area contributed by atoms with Crippen molar-refractivity contribution >= 4 is 42.6 Å². The predicted octanol–water partition coefficient (Wildman–Crippen LogP) is 5.27. The Hall–Kier alpha value is -3.14. The fourth-order valence-electron chi connectivity index (χ4n) is 3.64. The number of nitrogens with zero attached hydrogens (tertiary/aromatic N) is 4. The van der Waals surface area contributed by atoms with Gasteiger partial charge in [-0.05, 0) is 66.9 Å². The van der Waals surface area contributed by atoms with Crippen molar-refractivity contribution in [3.05, 3.63) is 83.7 Å². The van der Waals surface area contributed by atoms with Crippen LogP contribution in [0.5, 0.6) is 0 Å². The summed E-state index contributed by atoms with van der Waals surface area (Å²) in [6.07, 6.45) is 5.11. The molecule has 0 aliphatic carbocycles. The number of hydrogen-bond acceptors (Lipinski definition) is 6. The van der Waals surface area contributed by atoms with Gasteiger partial charge in [-0.2, -0.15) is 0 Å². The number of carbonyl (C=O) groups is 1. The standard InChI is InChI=1S/C26H28N4O3S2/c1-4-5-15-29(3)35(32,33)22-11-9-21(10-12-22)25(31)30(18-20-7-6-14-27-17-20)26-28-23-13-8-19(2)16-24(23)34-26/h6-14,16-17H,4-5,15,18H2,1-3H3. The minimum absolute atomic E-state index is 0.168. The Morgan fingerprint density at radius 2 is 1.86 bits per heavy atom. The van der Waals surface area contributed by atoms with E-state index in [0.29, 0.717) is 23.8 Å². The molecule has 0 bridgehead atoms. The number of thiazole rings is 1. The minimum atomic E-state index is -3.61. The zero-order valence-electron chi connectivity index (χ0n) is 20.0. The smallest absolute Gasteiger partial charge is 0.260 e. The minimum Gasteiger partial charge on any atom is -0.279 e. The van der Waals surface area contributed by atoms with E-state index in [1.165, 1.54) is 27.8 Å². The molecule has 2 aromatic heterocycles. The number of sulfonamides is 1. The molecule has 1 amide bonds. The molecule has 35 heavy (non-hydrogen) atoms. The summed E-state index contributed by atoms with van der Waals surface area (Å²) < 4.78 is 28.1. The van der Waals surface area contributed by atoms with Crippen LogP contribution in [0.2, 0.25) is 0 Å². The third-order valence-corrected chi connectivity index (χ3v) is 8.62. The number of anilines is 1. The molecule has 7 nitrogen and oxygen atoms in total. The molecule has 2 aromatic carbocycles. The molecule has 0 N–H and O–H groups in total. The number of benzene rings is 2. The summed E-state index contributed by atoms with van der Waals surface area (Å²) in [6.45, 7) is 4.79. The molecule has 2 heterocycles. The van der Waals surface area contributed by atoms with Crippen LogP contribution in [0.15, 0.2) is 71.9 Å². The van der Waals surface area contributed by atoms with E-state index in [-0.39, 0.29) is 10.8 Å². The Morgan fingerprint density at radius 3 is 2.54 bits per heavy atom. The second-order valence-electron chi connectivity index (χ2n) is 8.42. The van der Waals surface area contributed by atoms with Gasteiger partial charge in [-0.15, -0.1) is 0 Å². The predicted molar refractivity (Wildman–Crippen MR) is 140 cm³/mol. The van der Waals surface area contributed by atoms with Gasteiger partial charge in [0.2, 0.25) is 10.0 Å². The van der Waals surface area contributed by atoms with E-state index in [1.54, 1.807) is 36.5 Å². The van der Waals surface area contributed by atoms with Crippen molar-refractivity contribution in [3.8, 4) is 0 Å². The van der Waals surface area contributed by atoms with Gasteiger partial charge in [0.05, 0.1) is 21.7 Å². The molecule has 0 radical (unpaired) electrons. The van der Waals surface area contributed by atoms with Crippen LogP contribution in [-0.2, 0) is 16.6 Å². The molecule has 0 atom stereocenters. The number of rotatable bonds is 9. The van der Waals surface area contributed by atoms with Gasteiger partial charge >= 0.3 is 0 Å². The first-order valence-electron chi connectivity index (χ1n) is 11.4. The molecule has 0 saturated heterocycles. The van der Waals surface area contributed by atoms with E-state index < -0.39 is 10.0 Å². The maximum atomic E-state index is 13.6. The fraction of sp³-hybridized carbons (Fsp3) is 0.269. The maximum absolute atomic E-state index is 13.6. The number of hydrogen-bond donors (Lipinski definition) is 0. The lowest BCUT2D eigenvalue weighted by molar-refractivity contribution is 0.0985. The quantitative estimate of drug-likeness (QED) is 0.308. The van der Waals surface area contributed by atoms with Gasteiger partial charge in [-0.25, -0.2) is 17.7 Å². The molecular formula is C26H28N4O3S2. The third-order valence-electron chi connectivity index (χ3n) is 5.71. The first-order valence-corrected chi connectivity index (χ1v) is 13.7. The van der Waals surface area contributed by atoms with E-state index in [2.05, 4.69) is 11.1 Å². The summed E-state index contributed by atoms with van der Waals surface area (Å²) >= 11 is 1.45. The molecule has 0 saturated carbocycles. The van der Waals surface area contributed by atoms with Crippen molar-refractivity contribution in [1.82, 2.24) is 14.3 Å². The van der Waals surface area contributed by atoms with Crippen LogP contribution in [0.25, 0.3) is 10.2 Å². The van der Waals surface area contributed by atoms with E-state index in [9.17, 15) is 13.2 Å². The second kappa shape index (κ2) is 10.6. The highest BCUT2D eigenvalue weighted by Gasteiger charge is 2.24. The first kappa shape index (κ1) is 25.0.